The van der Waals surface area contributed by atoms with Crippen LogP contribution in [0.3, 0.4) is 0 Å². The summed E-state index contributed by atoms with van der Waals surface area (Å²) in [6, 6.07) is 2.59. The van der Waals surface area contributed by atoms with E-state index in [4.69, 9.17) is 11.6 Å². The molecule has 0 saturated carbocycles. The van der Waals surface area contributed by atoms with Crippen molar-refractivity contribution < 1.29 is 4.79 Å². The monoisotopic (exact) mass is 296 g/mol. The van der Waals surface area contributed by atoms with Gasteiger partial charge in [0, 0.05) is 29.5 Å². The Balaban J connectivity index is 2.22. The fourth-order valence-corrected chi connectivity index (χ4v) is 3.39. The van der Waals surface area contributed by atoms with Gasteiger partial charge in [-0.2, -0.15) is 0 Å². The van der Waals surface area contributed by atoms with Crippen LogP contribution in [0.4, 0.5) is 0 Å². The van der Waals surface area contributed by atoms with Gasteiger partial charge in [0.15, 0.2) is 5.78 Å². The fraction of sp³-hybridized carbons (Fsp3) is 0.688. The number of ketones is 1. The predicted molar refractivity (Wildman–Crippen MR) is 83.8 cm³/mol. The Hall–Kier alpha value is -0.800. The van der Waals surface area contributed by atoms with Gasteiger partial charge in [-0.1, -0.05) is 6.92 Å². The average Bonchev–Trinajstić information content (AvgIpc) is 2.97. The first-order valence-corrected chi connectivity index (χ1v) is 7.98. The van der Waals surface area contributed by atoms with Crippen LogP contribution in [0.25, 0.3) is 0 Å². The number of carbonyl (C=O) groups excluding carboxylic acids is 1. The molecule has 1 aliphatic rings. The van der Waals surface area contributed by atoms with E-state index < -0.39 is 5.38 Å². The van der Waals surface area contributed by atoms with Gasteiger partial charge in [-0.15, -0.1) is 11.6 Å². The highest BCUT2D eigenvalue weighted by Gasteiger charge is 2.26. The molecule has 2 rings (SSSR count). The molecule has 0 aliphatic carbocycles. The van der Waals surface area contributed by atoms with Crippen LogP contribution in [0.2, 0.25) is 0 Å². The predicted octanol–water partition coefficient (Wildman–Crippen LogP) is 3.40. The number of rotatable bonds is 5. The zero-order valence-corrected chi connectivity index (χ0v) is 13.7. The zero-order chi connectivity index (χ0) is 14.9. The molecule has 2 heterocycles. The van der Waals surface area contributed by atoms with Gasteiger partial charge in [-0.05, 0) is 52.8 Å². The molecule has 4 heteroatoms. The summed E-state index contributed by atoms with van der Waals surface area (Å²) < 4.78 is 2.28. The molecule has 0 N–H and O–H groups in total. The van der Waals surface area contributed by atoms with Crippen molar-refractivity contribution in [2.24, 2.45) is 0 Å². The number of aromatic nitrogens is 1. The zero-order valence-electron chi connectivity index (χ0n) is 12.9. The highest BCUT2D eigenvalue weighted by molar-refractivity contribution is 6.33. The van der Waals surface area contributed by atoms with Crippen molar-refractivity contribution in [1.82, 2.24) is 9.47 Å². The summed E-state index contributed by atoms with van der Waals surface area (Å²) in [5.41, 5.74) is 3.00. The number of likely N-dealkylation sites (tertiary alicyclic amines) is 1. The Labute approximate surface area is 126 Å². The normalized spacial score (nSPS) is 21.4. The Morgan fingerprint density at radius 3 is 2.80 bits per heavy atom. The van der Waals surface area contributed by atoms with Gasteiger partial charge >= 0.3 is 0 Å². The third-order valence-electron chi connectivity index (χ3n) is 4.50. The second kappa shape index (κ2) is 6.31. The van der Waals surface area contributed by atoms with Crippen molar-refractivity contribution in [3.63, 3.8) is 0 Å². The summed E-state index contributed by atoms with van der Waals surface area (Å²) in [6.45, 7) is 11.4. The molecule has 1 saturated heterocycles. The van der Waals surface area contributed by atoms with Gasteiger partial charge in [-0.3, -0.25) is 9.69 Å². The van der Waals surface area contributed by atoms with E-state index in [1.54, 1.807) is 6.92 Å². The summed E-state index contributed by atoms with van der Waals surface area (Å²) in [5.74, 6) is 0.0322. The number of halogens is 1. The Bertz CT molecular complexity index is 493. The molecule has 1 aliphatic heterocycles. The number of hydrogen-bond acceptors (Lipinski definition) is 2. The number of carbonyl (C=O) groups is 1. The quantitative estimate of drug-likeness (QED) is 0.615. The van der Waals surface area contributed by atoms with E-state index in [0.717, 1.165) is 30.0 Å². The highest BCUT2D eigenvalue weighted by atomic mass is 35.5. The lowest BCUT2D eigenvalue weighted by Gasteiger charge is -2.24. The van der Waals surface area contributed by atoms with Crippen molar-refractivity contribution in [2.75, 3.05) is 13.1 Å². The van der Waals surface area contributed by atoms with Crippen LogP contribution >= 0.6 is 11.6 Å². The number of nitrogens with zero attached hydrogens (tertiary/aromatic N) is 2. The van der Waals surface area contributed by atoms with Gasteiger partial charge < -0.3 is 4.57 Å². The Morgan fingerprint density at radius 2 is 2.20 bits per heavy atom. The minimum atomic E-state index is -0.456. The van der Waals surface area contributed by atoms with Gasteiger partial charge in [-0.25, -0.2) is 0 Å². The van der Waals surface area contributed by atoms with E-state index in [9.17, 15) is 4.79 Å². The molecule has 0 amide bonds. The summed E-state index contributed by atoms with van der Waals surface area (Å²) in [7, 11) is 0. The fourth-order valence-electron chi connectivity index (χ4n) is 3.27. The third-order valence-corrected chi connectivity index (χ3v) is 4.70. The summed E-state index contributed by atoms with van der Waals surface area (Å²) in [6.07, 6.45) is 2.53. The smallest absolute Gasteiger partial charge is 0.182 e. The molecule has 0 radical (unpaired) electrons. The van der Waals surface area contributed by atoms with Crippen LogP contribution in [-0.4, -0.2) is 39.8 Å². The first-order chi connectivity index (χ1) is 9.45. The molecule has 3 nitrogen and oxygen atoms in total. The highest BCUT2D eigenvalue weighted by Crippen LogP contribution is 2.23. The molecule has 2 unspecified atom stereocenters. The molecule has 112 valence electrons. The topological polar surface area (TPSA) is 25.2 Å². The second-order valence-electron chi connectivity index (χ2n) is 5.80. The van der Waals surface area contributed by atoms with Gasteiger partial charge in [0.1, 0.15) is 0 Å². The average molecular weight is 297 g/mol. The molecule has 1 aromatic heterocycles. The Kier molecular flexibility index (Phi) is 4.92. The third kappa shape index (κ3) is 2.94. The molecule has 0 spiro atoms. The van der Waals surface area contributed by atoms with Crippen LogP contribution in [0.5, 0.6) is 0 Å². The van der Waals surface area contributed by atoms with Crippen molar-refractivity contribution in [1.29, 1.82) is 0 Å². The molecular weight excluding hydrogens is 272 g/mol. The SMILES string of the molecule is CCN1CCCC1Cn1c(C)cc(C(=O)C(C)Cl)c1C. The van der Waals surface area contributed by atoms with Gasteiger partial charge in [0.2, 0.25) is 0 Å². The summed E-state index contributed by atoms with van der Waals surface area (Å²) in [4.78, 5) is 14.7. The number of alkyl halides is 1. The van der Waals surface area contributed by atoms with E-state index >= 15 is 0 Å². The number of hydrogen-bond donors (Lipinski definition) is 0. The van der Waals surface area contributed by atoms with E-state index in [1.165, 1.54) is 19.4 Å². The molecular formula is C16H25ClN2O. The maximum absolute atomic E-state index is 12.1. The lowest BCUT2D eigenvalue weighted by Crippen LogP contribution is -2.33. The number of likely N-dealkylation sites (N-methyl/N-ethyl adjacent to an activating group) is 1. The van der Waals surface area contributed by atoms with Crippen molar-refractivity contribution in [3.8, 4) is 0 Å². The minimum Gasteiger partial charge on any atom is -0.347 e. The van der Waals surface area contributed by atoms with E-state index in [0.29, 0.717) is 6.04 Å². The summed E-state index contributed by atoms with van der Waals surface area (Å²) in [5, 5.41) is -0.456. The van der Waals surface area contributed by atoms with Crippen molar-refractivity contribution in [2.45, 2.75) is 58.5 Å². The van der Waals surface area contributed by atoms with Crippen molar-refractivity contribution >= 4 is 17.4 Å². The maximum Gasteiger partial charge on any atom is 0.182 e. The van der Waals surface area contributed by atoms with Gasteiger partial charge in [0.05, 0.1) is 5.38 Å². The molecule has 0 bridgehead atoms. The van der Waals surface area contributed by atoms with E-state index in [1.807, 2.05) is 13.0 Å². The van der Waals surface area contributed by atoms with Crippen LogP contribution in [0, 0.1) is 13.8 Å². The first-order valence-electron chi connectivity index (χ1n) is 7.54. The van der Waals surface area contributed by atoms with E-state index in [2.05, 4.69) is 23.3 Å². The van der Waals surface area contributed by atoms with Crippen LogP contribution in [0.1, 0.15) is 48.4 Å². The van der Waals surface area contributed by atoms with Crippen molar-refractivity contribution in [3.05, 3.63) is 23.0 Å². The Morgan fingerprint density at radius 1 is 1.50 bits per heavy atom. The van der Waals surface area contributed by atoms with Crippen LogP contribution < -0.4 is 0 Å². The second-order valence-corrected chi connectivity index (χ2v) is 6.45. The molecule has 2 atom stereocenters. The standard InChI is InChI=1S/C16H25ClN2O/c1-5-18-8-6-7-14(18)10-19-11(2)9-15(13(19)4)16(20)12(3)17/h9,12,14H,5-8,10H2,1-4H3. The minimum absolute atomic E-state index is 0.0322. The number of Topliss-reactive ketones (excluding diaryl/α,β-unsaturated/α-hetero) is 1. The van der Waals surface area contributed by atoms with Gasteiger partial charge in [0.25, 0.3) is 0 Å². The largest absolute Gasteiger partial charge is 0.347 e. The molecule has 20 heavy (non-hydrogen) atoms. The van der Waals surface area contributed by atoms with Crippen LogP contribution in [0.15, 0.2) is 6.07 Å². The summed E-state index contributed by atoms with van der Waals surface area (Å²) >= 11 is 5.95. The maximum atomic E-state index is 12.1. The van der Waals surface area contributed by atoms with Crippen LogP contribution in [-0.2, 0) is 6.54 Å². The molecule has 1 fully saturated rings. The molecule has 1 aromatic rings. The first kappa shape index (κ1) is 15.6. The lowest BCUT2D eigenvalue weighted by molar-refractivity contribution is 0.0991. The molecule has 0 aromatic carbocycles. The van der Waals surface area contributed by atoms with E-state index in [-0.39, 0.29) is 5.78 Å². The lowest BCUT2D eigenvalue weighted by atomic mass is 10.1. The number of aryl methyl sites for hydroxylation is 1.